The molecular formula is C18H29NO3. The van der Waals surface area contributed by atoms with Gasteiger partial charge in [0.15, 0.2) is 11.5 Å². The molecule has 1 atom stereocenters. The van der Waals surface area contributed by atoms with Crippen molar-refractivity contribution in [2.24, 2.45) is 5.92 Å². The minimum absolute atomic E-state index is 0.244. The minimum Gasteiger partial charge on any atom is -0.493 e. The lowest BCUT2D eigenvalue weighted by molar-refractivity contribution is 0.212. The van der Waals surface area contributed by atoms with Crippen LogP contribution >= 0.6 is 0 Å². The van der Waals surface area contributed by atoms with E-state index in [1.807, 2.05) is 6.07 Å². The van der Waals surface area contributed by atoms with E-state index >= 15 is 0 Å². The van der Waals surface area contributed by atoms with Crippen molar-refractivity contribution in [2.75, 3.05) is 33.9 Å². The summed E-state index contributed by atoms with van der Waals surface area (Å²) in [5, 5.41) is 12.5. The van der Waals surface area contributed by atoms with Crippen molar-refractivity contribution in [3.8, 4) is 11.5 Å². The van der Waals surface area contributed by atoms with Crippen LogP contribution in [0.1, 0.15) is 38.2 Å². The quantitative estimate of drug-likeness (QED) is 0.689. The molecule has 0 amide bonds. The van der Waals surface area contributed by atoms with Crippen LogP contribution in [0.4, 0.5) is 0 Å². The molecule has 1 aliphatic rings. The first-order valence-electron chi connectivity index (χ1n) is 8.19. The average Bonchev–Trinajstić information content (AvgIpc) is 2.52. The van der Waals surface area contributed by atoms with Gasteiger partial charge in [0, 0.05) is 6.61 Å². The second-order valence-electron chi connectivity index (χ2n) is 6.45. The highest BCUT2D eigenvalue weighted by molar-refractivity contribution is 5.45. The van der Waals surface area contributed by atoms with Gasteiger partial charge in [0.1, 0.15) is 0 Å². The zero-order valence-corrected chi connectivity index (χ0v) is 14.0. The number of aliphatic hydroxyl groups is 1. The summed E-state index contributed by atoms with van der Waals surface area (Å²) in [6, 6.07) is 6.32. The summed E-state index contributed by atoms with van der Waals surface area (Å²) in [6.45, 7) is 4.16. The summed E-state index contributed by atoms with van der Waals surface area (Å²) in [5.41, 5.74) is 1.63. The molecule has 0 aromatic heterocycles. The molecule has 2 rings (SSSR count). The predicted molar refractivity (Wildman–Crippen MR) is 88.8 cm³/mol. The third kappa shape index (κ3) is 3.73. The lowest BCUT2D eigenvalue weighted by Crippen LogP contribution is -2.38. The Morgan fingerprint density at radius 2 is 1.95 bits per heavy atom. The number of benzene rings is 1. The van der Waals surface area contributed by atoms with Crippen LogP contribution in [0, 0.1) is 5.92 Å². The van der Waals surface area contributed by atoms with E-state index in [2.05, 4.69) is 24.4 Å². The summed E-state index contributed by atoms with van der Waals surface area (Å²) in [4.78, 5) is 0. The van der Waals surface area contributed by atoms with E-state index in [0.717, 1.165) is 31.0 Å². The molecular weight excluding hydrogens is 278 g/mol. The summed E-state index contributed by atoms with van der Waals surface area (Å²) in [5.74, 6) is 1.92. The Balaban J connectivity index is 2.00. The average molecular weight is 307 g/mol. The molecule has 1 saturated carbocycles. The van der Waals surface area contributed by atoms with E-state index in [4.69, 9.17) is 14.6 Å². The molecule has 0 radical (unpaired) electrons. The van der Waals surface area contributed by atoms with Crippen molar-refractivity contribution in [3.63, 3.8) is 0 Å². The van der Waals surface area contributed by atoms with E-state index < -0.39 is 0 Å². The monoisotopic (exact) mass is 307 g/mol. The molecule has 1 aliphatic carbocycles. The number of nitrogens with one attached hydrogen (secondary N) is 1. The first kappa shape index (κ1) is 17.1. The van der Waals surface area contributed by atoms with E-state index in [1.165, 1.54) is 24.8 Å². The van der Waals surface area contributed by atoms with Gasteiger partial charge in [-0.15, -0.1) is 0 Å². The number of methoxy groups -OCH3 is 2. The van der Waals surface area contributed by atoms with E-state index in [1.54, 1.807) is 14.2 Å². The fourth-order valence-electron chi connectivity index (χ4n) is 3.19. The van der Waals surface area contributed by atoms with Crippen LogP contribution in [0.15, 0.2) is 18.2 Å². The predicted octanol–water partition coefficient (Wildman–Crippen LogP) is 2.73. The van der Waals surface area contributed by atoms with Crippen LogP contribution in [0.25, 0.3) is 0 Å². The standard InChI is InChI=1S/C18H29NO3/c1-14(13-20)12-19-10-9-18(7-4-8-18)15-5-6-16(21-2)17(11-15)22-3/h5-6,11,14,19-20H,4,7-10,12-13H2,1-3H3. The molecule has 4 nitrogen and oxygen atoms in total. The summed E-state index contributed by atoms with van der Waals surface area (Å²) in [7, 11) is 3.36. The second kappa shape index (κ2) is 7.84. The summed E-state index contributed by atoms with van der Waals surface area (Å²) < 4.78 is 10.8. The smallest absolute Gasteiger partial charge is 0.161 e. The van der Waals surface area contributed by atoms with Crippen LogP contribution < -0.4 is 14.8 Å². The van der Waals surface area contributed by atoms with Crippen LogP contribution in [0.5, 0.6) is 11.5 Å². The molecule has 22 heavy (non-hydrogen) atoms. The Morgan fingerprint density at radius 1 is 1.23 bits per heavy atom. The molecule has 4 heteroatoms. The van der Waals surface area contributed by atoms with E-state index in [-0.39, 0.29) is 12.0 Å². The zero-order valence-electron chi connectivity index (χ0n) is 14.0. The van der Waals surface area contributed by atoms with Crippen LogP contribution in [0.2, 0.25) is 0 Å². The Hall–Kier alpha value is -1.26. The Labute approximate surface area is 133 Å². The van der Waals surface area contributed by atoms with Gasteiger partial charge >= 0.3 is 0 Å². The first-order chi connectivity index (χ1) is 10.6. The van der Waals surface area contributed by atoms with Gasteiger partial charge in [-0.3, -0.25) is 0 Å². The topological polar surface area (TPSA) is 50.7 Å². The highest BCUT2D eigenvalue weighted by Gasteiger charge is 2.38. The van der Waals surface area contributed by atoms with Crippen molar-refractivity contribution in [1.29, 1.82) is 0 Å². The number of hydrogen-bond donors (Lipinski definition) is 2. The molecule has 1 aromatic carbocycles. The fourth-order valence-corrected chi connectivity index (χ4v) is 3.19. The third-order valence-corrected chi connectivity index (χ3v) is 4.89. The van der Waals surface area contributed by atoms with Gasteiger partial charge in [0.05, 0.1) is 14.2 Å². The Bertz CT molecular complexity index is 471. The number of hydrogen-bond acceptors (Lipinski definition) is 4. The van der Waals surface area contributed by atoms with Crippen molar-refractivity contribution >= 4 is 0 Å². The van der Waals surface area contributed by atoms with Crippen molar-refractivity contribution in [3.05, 3.63) is 23.8 Å². The van der Waals surface area contributed by atoms with E-state index in [0.29, 0.717) is 5.92 Å². The van der Waals surface area contributed by atoms with E-state index in [9.17, 15) is 0 Å². The van der Waals surface area contributed by atoms with Gasteiger partial charge in [0.2, 0.25) is 0 Å². The Kier molecular flexibility index (Phi) is 6.09. The molecule has 2 N–H and O–H groups in total. The molecule has 0 heterocycles. The maximum absolute atomic E-state index is 9.07. The molecule has 0 bridgehead atoms. The van der Waals surface area contributed by atoms with Gasteiger partial charge in [0.25, 0.3) is 0 Å². The molecule has 1 unspecified atom stereocenters. The van der Waals surface area contributed by atoms with Gasteiger partial charge in [-0.05, 0) is 61.4 Å². The first-order valence-corrected chi connectivity index (χ1v) is 8.19. The van der Waals surface area contributed by atoms with Gasteiger partial charge in [-0.1, -0.05) is 19.4 Å². The normalized spacial score (nSPS) is 17.6. The lowest BCUT2D eigenvalue weighted by atomic mass is 9.62. The van der Waals surface area contributed by atoms with Gasteiger partial charge in [-0.2, -0.15) is 0 Å². The molecule has 1 fully saturated rings. The third-order valence-electron chi connectivity index (χ3n) is 4.89. The highest BCUT2D eigenvalue weighted by atomic mass is 16.5. The van der Waals surface area contributed by atoms with Crippen LogP contribution in [-0.2, 0) is 5.41 Å². The number of rotatable bonds is 9. The minimum atomic E-state index is 0.244. The number of aliphatic hydroxyl groups excluding tert-OH is 1. The molecule has 1 aromatic rings. The SMILES string of the molecule is COc1ccc(C2(CCNCC(C)CO)CCC2)cc1OC. The maximum atomic E-state index is 9.07. The van der Waals surface area contributed by atoms with Crippen LogP contribution in [0.3, 0.4) is 0 Å². The lowest BCUT2D eigenvalue weighted by Gasteiger charge is -2.43. The number of ether oxygens (including phenoxy) is 2. The van der Waals surface area contributed by atoms with Crippen molar-refractivity contribution < 1.29 is 14.6 Å². The van der Waals surface area contributed by atoms with Gasteiger partial charge < -0.3 is 19.9 Å². The molecule has 0 saturated heterocycles. The Morgan fingerprint density at radius 3 is 2.50 bits per heavy atom. The largest absolute Gasteiger partial charge is 0.493 e. The van der Waals surface area contributed by atoms with Crippen molar-refractivity contribution in [1.82, 2.24) is 5.32 Å². The summed E-state index contributed by atoms with van der Waals surface area (Å²) >= 11 is 0. The zero-order chi connectivity index (χ0) is 16.0. The maximum Gasteiger partial charge on any atom is 0.161 e. The summed E-state index contributed by atoms with van der Waals surface area (Å²) in [6.07, 6.45) is 4.89. The fraction of sp³-hybridized carbons (Fsp3) is 0.667. The molecule has 0 aliphatic heterocycles. The van der Waals surface area contributed by atoms with Gasteiger partial charge in [-0.25, -0.2) is 0 Å². The highest BCUT2D eigenvalue weighted by Crippen LogP contribution is 2.48. The van der Waals surface area contributed by atoms with Crippen molar-refractivity contribution in [2.45, 2.75) is 38.0 Å². The van der Waals surface area contributed by atoms with Crippen LogP contribution in [-0.4, -0.2) is 39.0 Å². The second-order valence-corrected chi connectivity index (χ2v) is 6.45. The molecule has 124 valence electrons. The molecule has 0 spiro atoms.